The van der Waals surface area contributed by atoms with Crippen molar-refractivity contribution in [2.75, 3.05) is 12.3 Å². The van der Waals surface area contributed by atoms with Crippen molar-refractivity contribution in [2.24, 2.45) is 23.2 Å². The van der Waals surface area contributed by atoms with Crippen LogP contribution in [0.25, 0.3) is 0 Å². The summed E-state index contributed by atoms with van der Waals surface area (Å²) in [5, 5.41) is 3.06. The van der Waals surface area contributed by atoms with Crippen LogP contribution in [-0.2, 0) is 9.53 Å². The average Bonchev–Trinajstić information content (AvgIpc) is 2.58. The Morgan fingerprint density at radius 2 is 1.81 bits per heavy atom. The number of ether oxygens (including phenoxy) is 1. The summed E-state index contributed by atoms with van der Waals surface area (Å²) >= 11 is 0. The molecule has 4 fully saturated rings. The summed E-state index contributed by atoms with van der Waals surface area (Å²) in [5.74, 6) is 0.906. The van der Waals surface area contributed by atoms with E-state index in [0.717, 1.165) is 29.9 Å². The maximum absolute atomic E-state index is 13.1. The molecule has 0 unspecified atom stereocenters. The van der Waals surface area contributed by atoms with Gasteiger partial charge in [-0.1, -0.05) is 0 Å². The summed E-state index contributed by atoms with van der Waals surface area (Å²) < 4.78 is 18.2. The first-order chi connectivity index (χ1) is 12.8. The van der Waals surface area contributed by atoms with E-state index < -0.39 is 11.8 Å². The van der Waals surface area contributed by atoms with Crippen LogP contribution in [0, 0.1) is 29.0 Å². The number of nitrogens with two attached hydrogens (primary N) is 1. The van der Waals surface area contributed by atoms with Crippen LogP contribution in [0.3, 0.4) is 0 Å². The Kier molecular flexibility index (Phi) is 4.60. The van der Waals surface area contributed by atoms with Crippen LogP contribution < -0.4 is 11.1 Å². The van der Waals surface area contributed by atoms with Crippen molar-refractivity contribution < 1.29 is 18.7 Å². The van der Waals surface area contributed by atoms with Crippen molar-refractivity contribution in [2.45, 2.75) is 51.5 Å². The van der Waals surface area contributed by atoms with Gasteiger partial charge in [0.15, 0.2) is 6.61 Å². The van der Waals surface area contributed by atoms with E-state index in [1.807, 2.05) is 0 Å². The molecule has 4 bridgehead atoms. The lowest BCUT2D eigenvalue weighted by Crippen LogP contribution is -2.56. The van der Waals surface area contributed by atoms with Gasteiger partial charge in [-0.05, 0) is 86.8 Å². The van der Waals surface area contributed by atoms with E-state index in [2.05, 4.69) is 12.2 Å². The smallest absolute Gasteiger partial charge is 0.340 e. The highest BCUT2D eigenvalue weighted by Crippen LogP contribution is 2.61. The Morgan fingerprint density at radius 3 is 2.37 bits per heavy atom. The molecule has 0 radical (unpaired) electrons. The number of halogens is 1. The van der Waals surface area contributed by atoms with E-state index in [-0.39, 0.29) is 35.2 Å². The van der Waals surface area contributed by atoms with Gasteiger partial charge in [-0.2, -0.15) is 0 Å². The van der Waals surface area contributed by atoms with Crippen molar-refractivity contribution in [3.63, 3.8) is 0 Å². The molecular formula is C21H27FN2O3. The minimum absolute atomic E-state index is 0.00217. The Bertz CT molecular complexity index is 729. The Morgan fingerprint density at radius 1 is 1.22 bits per heavy atom. The topological polar surface area (TPSA) is 81.4 Å². The van der Waals surface area contributed by atoms with Gasteiger partial charge in [-0.25, -0.2) is 9.18 Å². The van der Waals surface area contributed by atoms with E-state index in [1.165, 1.54) is 44.6 Å². The van der Waals surface area contributed by atoms with Crippen LogP contribution in [-0.4, -0.2) is 24.5 Å². The molecule has 4 saturated carbocycles. The number of hydrogen-bond donors (Lipinski definition) is 2. The second-order valence-electron chi connectivity index (χ2n) is 8.88. The second kappa shape index (κ2) is 6.80. The number of nitrogen functional groups attached to an aromatic ring is 1. The normalized spacial score (nSPS) is 32.1. The van der Waals surface area contributed by atoms with E-state index in [4.69, 9.17) is 10.5 Å². The molecule has 1 atom stereocenters. The summed E-state index contributed by atoms with van der Waals surface area (Å²) in [4.78, 5) is 24.4. The predicted octanol–water partition coefficient (Wildman–Crippen LogP) is 3.29. The number of benzene rings is 1. The van der Waals surface area contributed by atoms with Crippen molar-refractivity contribution in [3.05, 3.63) is 29.6 Å². The molecule has 0 aliphatic heterocycles. The van der Waals surface area contributed by atoms with Crippen molar-refractivity contribution in [1.82, 2.24) is 5.32 Å². The van der Waals surface area contributed by atoms with Gasteiger partial charge in [0.05, 0.1) is 5.56 Å². The number of anilines is 1. The van der Waals surface area contributed by atoms with Gasteiger partial charge in [-0.15, -0.1) is 0 Å². The van der Waals surface area contributed by atoms with Crippen LogP contribution >= 0.6 is 0 Å². The molecule has 0 spiro atoms. The van der Waals surface area contributed by atoms with E-state index in [0.29, 0.717) is 0 Å². The fourth-order valence-corrected chi connectivity index (χ4v) is 6.07. The fourth-order valence-electron chi connectivity index (χ4n) is 6.07. The molecule has 4 aliphatic carbocycles. The van der Waals surface area contributed by atoms with Crippen molar-refractivity contribution in [3.8, 4) is 0 Å². The molecule has 5 rings (SSSR count). The SMILES string of the molecule is C[C@H](NC(=O)COC(=O)c1ccc(F)cc1N)C12CC3CC(CC(C3)C1)C2. The predicted molar refractivity (Wildman–Crippen MR) is 99.3 cm³/mol. The molecule has 1 aromatic rings. The molecular weight excluding hydrogens is 347 g/mol. The monoisotopic (exact) mass is 374 g/mol. The van der Waals surface area contributed by atoms with Crippen molar-refractivity contribution in [1.29, 1.82) is 0 Å². The molecule has 27 heavy (non-hydrogen) atoms. The molecule has 0 saturated heterocycles. The first-order valence-electron chi connectivity index (χ1n) is 9.86. The number of carbonyl (C=O) groups excluding carboxylic acids is 2. The van der Waals surface area contributed by atoms with Crippen molar-refractivity contribution >= 4 is 17.6 Å². The largest absolute Gasteiger partial charge is 0.452 e. The molecule has 4 aliphatic rings. The Balaban J connectivity index is 1.32. The summed E-state index contributed by atoms with van der Waals surface area (Å²) in [6, 6.07) is 3.55. The quantitative estimate of drug-likeness (QED) is 0.612. The van der Waals surface area contributed by atoms with Gasteiger partial charge in [0.25, 0.3) is 5.91 Å². The third-order valence-electron chi connectivity index (χ3n) is 6.95. The molecule has 0 aromatic heterocycles. The van der Waals surface area contributed by atoms with Gasteiger partial charge in [0, 0.05) is 11.7 Å². The lowest BCUT2D eigenvalue weighted by atomic mass is 9.48. The molecule has 6 heteroatoms. The van der Waals surface area contributed by atoms with E-state index in [1.54, 1.807) is 0 Å². The number of hydrogen-bond acceptors (Lipinski definition) is 4. The molecule has 0 heterocycles. The fraction of sp³-hybridized carbons (Fsp3) is 0.619. The summed E-state index contributed by atoms with van der Waals surface area (Å²) in [6.07, 6.45) is 7.68. The van der Waals surface area contributed by atoms with E-state index in [9.17, 15) is 14.0 Å². The number of rotatable bonds is 5. The lowest BCUT2D eigenvalue weighted by molar-refractivity contribution is -0.128. The number of nitrogens with one attached hydrogen (secondary N) is 1. The zero-order valence-electron chi connectivity index (χ0n) is 15.7. The minimum Gasteiger partial charge on any atom is -0.452 e. The van der Waals surface area contributed by atoms with Crippen LogP contribution in [0.2, 0.25) is 0 Å². The van der Waals surface area contributed by atoms with Gasteiger partial charge in [0.1, 0.15) is 5.82 Å². The van der Waals surface area contributed by atoms with Gasteiger partial charge >= 0.3 is 5.97 Å². The lowest BCUT2D eigenvalue weighted by Gasteiger charge is -2.59. The number of carbonyl (C=O) groups is 2. The van der Waals surface area contributed by atoms with Crippen LogP contribution in [0.15, 0.2) is 18.2 Å². The molecule has 5 nitrogen and oxygen atoms in total. The highest BCUT2D eigenvalue weighted by molar-refractivity contribution is 5.96. The highest BCUT2D eigenvalue weighted by Gasteiger charge is 2.53. The highest BCUT2D eigenvalue weighted by atomic mass is 19.1. The first kappa shape index (κ1) is 18.3. The molecule has 1 aromatic carbocycles. The molecule has 3 N–H and O–H groups in total. The van der Waals surface area contributed by atoms with Crippen LogP contribution in [0.4, 0.5) is 10.1 Å². The summed E-state index contributed by atoms with van der Waals surface area (Å²) in [7, 11) is 0. The first-order valence-corrected chi connectivity index (χ1v) is 9.86. The Hall–Kier alpha value is -2.11. The van der Waals surface area contributed by atoms with Gasteiger partial charge in [0.2, 0.25) is 0 Å². The number of esters is 1. The summed E-state index contributed by atoms with van der Waals surface area (Å²) in [6.45, 7) is 1.73. The van der Waals surface area contributed by atoms with E-state index >= 15 is 0 Å². The summed E-state index contributed by atoms with van der Waals surface area (Å²) in [5.41, 5.74) is 5.91. The third-order valence-corrected chi connectivity index (χ3v) is 6.95. The zero-order chi connectivity index (χ0) is 19.2. The Labute approximate surface area is 158 Å². The maximum Gasteiger partial charge on any atom is 0.340 e. The second-order valence-corrected chi connectivity index (χ2v) is 8.88. The zero-order valence-corrected chi connectivity index (χ0v) is 15.7. The minimum atomic E-state index is -0.717. The average molecular weight is 374 g/mol. The number of amides is 1. The molecule has 146 valence electrons. The van der Waals surface area contributed by atoms with Crippen LogP contribution in [0.5, 0.6) is 0 Å². The van der Waals surface area contributed by atoms with Crippen LogP contribution in [0.1, 0.15) is 55.8 Å². The maximum atomic E-state index is 13.1. The standard InChI is InChI=1S/C21H27FN2O3/c1-12(21-8-13-4-14(9-21)6-15(5-13)10-21)24-19(25)11-27-20(26)17-3-2-16(22)7-18(17)23/h2-3,7,12-15H,4-6,8-11,23H2,1H3,(H,24,25)/t12-,13?,14?,15?,21?/m0/s1. The van der Waals surface area contributed by atoms with Gasteiger partial charge in [-0.3, -0.25) is 4.79 Å². The molecule has 1 amide bonds. The third kappa shape index (κ3) is 3.54. The van der Waals surface area contributed by atoms with Gasteiger partial charge < -0.3 is 15.8 Å².